The first kappa shape index (κ1) is 20.9. The third-order valence-corrected chi connectivity index (χ3v) is 1.83. The maximum absolute atomic E-state index is 11.1. The molecule has 0 aromatic rings. The molecular weight excluding hydrogens is 291 g/mol. The Balaban J connectivity index is -0.00000144. The van der Waals surface area contributed by atoms with Gasteiger partial charge in [-0.3, -0.25) is 9.59 Å². The average molecular weight is 304 g/mol. The number of carbonyl (C=O) groups excluding carboxylic acids is 2. The molecule has 0 aromatic carbocycles. The fraction of sp³-hybridized carbons (Fsp3) is 0.556. The Morgan fingerprint density at radius 1 is 1.21 bits per heavy atom. The molecule has 19 heavy (non-hydrogen) atoms. The molecule has 0 saturated carbocycles. The maximum Gasteiger partial charge on any atom is 1.00 e. The van der Waals surface area contributed by atoms with Crippen LogP contribution in [0.3, 0.4) is 0 Å². The van der Waals surface area contributed by atoms with Crippen LogP contribution in [0.5, 0.6) is 0 Å². The molecule has 104 valence electrons. The Labute approximate surface area is 151 Å². The van der Waals surface area contributed by atoms with E-state index in [1.54, 1.807) is 0 Å². The molecule has 0 rings (SSSR count). The van der Waals surface area contributed by atoms with E-state index in [-0.39, 0.29) is 52.8 Å². The molecule has 0 saturated heterocycles. The van der Waals surface area contributed by atoms with E-state index in [0.29, 0.717) is 0 Å². The van der Waals surface area contributed by atoms with Crippen LogP contribution in [0.2, 0.25) is 0 Å². The number of carbonyl (C=O) groups is 4. The van der Waals surface area contributed by atoms with Gasteiger partial charge in [-0.1, -0.05) is 0 Å². The van der Waals surface area contributed by atoms with Gasteiger partial charge in [-0.05, 0) is 6.92 Å². The molecule has 4 N–H and O–H groups in total. The molecule has 0 aromatic heterocycles. The summed E-state index contributed by atoms with van der Waals surface area (Å²) >= 11 is 0. The number of carboxylic acids is 2. The number of rotatable bonds is 6. The molecule has 0 heterocycles. The van der Waals surface area contributed by atoms with Crippen LogP contribution in [0.25, 0.3) is 0 Å². The van der Waals surface area contributed by atoms with Crippen molar-refractivity contribution in [1.82, 2.24) is 0 Å². The van der Waals surface area contributed by atoms with E-state index in [0.717, 1.165) is 6.92 Å². The van der Waals surface area contributed by atoms with E-state index < -0.39 is 48.4 Å². The van der Waals surface area contributed by atoms with Crippen molar-refractivity contribution in [3.63, 3.8) is 0 Å². The smallest absolute Gasteiger partial charge is 1.00 e. The summed E-state index contributed by atoms with van der Waals surface area (Å²) in [5, 5.41) is 35.2. The zero-order valence-electron chi connectivity index (χ0n) is 11.3. The average Bonchev–Trinajstić information content (AvgIpc) is 2.14. The van der Waals surface area contributed by atoms with Gasteiger partial charge in [0.05, 0.1) is 12.8 Å². The van der Waals surface area contributed by atoms with Crippen LogP contribution < -0.4 is 51.4 Å². The topological polar surface area (TPSA) is 158 Å². The van der Waals surface area contributed by atoms with Crippen molar-refractivity contribution >= 4 is 23.9 Å². The predicted octanol–water partition coefficient (Wildman–Crippen LogP) is -4.77. The minimum atomic E-state index is -2.87. The number of aliphatic carboxylic acids is 2. The van der Waals surface area contributed by atoms with Gasteiger partial charge in [0.1, 0.15) is 6.10 Å². The van der Waals surface area contributed by atoms with Gasteiger partial charge in [-0.2, -0.15) is 0 Å². The number of hydrogen-bond acceptors (Lipinski definition) is 7. The summed E-state index contributed by atoms with van der Waals surface area (Å²) in [7, 11) is 0. The molecule has 0 aliphatic heterocycles. The minimum absolute atomic E-state index is 0. The maximum atomic E-state index is 11.1. The summed E-state index contributed by atoms with van der Waals surface area (Å²) in [5.41, 5.74) is -2.87. The second-order valence-corrected chi connectivity index (χ2v) is 3.55. The summed E-state index contributed by atoms with van der Waals surface area (Å²) < 4.78 is 4.00. The zero-order chi connectivity index (χ0) is 14.5. The van der Waals surface area contributed by atoms with Gasteiger partial charge in [0, 0.05) is 0 Å². The zero-order valence-corrected chi connectivity index (χ0v) is 13.4. The first-order chi connectivity index (χ1) is 8.08. The molecule has 0 bridgehead atoms. The Bertz CT molecular complexity index is 384. The number of carboxylic acid groups (broad SMARTS) is 2. The third kappa shape index (κ3) is 7.72. The molecule has 0 amide bonds. The van der Waals surface area contributed by atoms with E-state index >= 15 is 0 Å². The number of esters is 2. The number of hydrogen-bond donors (Lipinski definition) is 4. The van der Waals surface area contributed by atoms with Crippen molar-refractivity contribution in [1.29, 1.82) is 0 Å². The fourth-order valence-electron chi connectivity index (χ4n) is 0.936. The Morgan fingerprint density at radius 2 is 1.68 bits per heavy atom. The van der Waals surface area contributed by atoms with Crippen LogP contribution in [0.4, 0.5) is 0 Å². The van der Waals surface area contributed by atoms with Gasteiger partial charge < -0.3 is 26.6 Å². The van der Waals surface area contributed by atoms with Crippen LogP contribution >= 0.6 is 0 Å². The SMILES string of the molecule is CC(O)C(=O)OC(=O)CC(O)(CC(=O)O)C(=O)O.[H-].[K+]. The summed E-state index contributed by atoms with van der Waals surface area (Å²) in [5.74, 6) is -6.36. The molecule has 0 aliphatic carbocycles. The number of aliphatic hydroxyl groups is 2. The van der Waals surface area contributed by atoms with E-state index in [9.17, 15) is 24.3 Å². The monoisotopic (exact) mass is 304 g/mol. The molecule has 0 radical (unpaired) electrons. The van der Waals surface area contributed by atoms with E-state index in [1.165, 1.54) is 0 Å². The van der Waals surface area contributed by atoms with Gasteiger partial charge in [0.15, 0.2) is 5.60 Å². The molecule has 9 nitrogen and oxygen atoms in total. The Morgan fingerprint density at radius 3 is 2.00 bits per heavy atom. The van der Waals surface area contributed by atoms with Gasteiger partial charge in [-0.25, -0.2) is 9.59 Å². The normalized spacial score (nSPS) is 14.5. The summed E-state index contributed by atoms with van der Waals surface area (Å²) in [6, 6.07) is 0. The van der Waals surface area contributed by atoms with Crippen LogP contribution in [0.15, 0.2) is 0 Å². The minimum Gasteiger partial charge on any atom is -1.00 e. The summed E-state index contributed by atoms with van der Waals surface area (Å²) in [4.78, 5) is 42.9. The van der Waals surface area contributed by atoms with E-state index in [2.05, 4.69) is 4.74 Å². The van der Waals surface area contributed by atoms with Crippen molar-refractivity contribution in [2.24, 2.45) is 0 Å². The van der Waals surface area contributed by atoms with E-state index in [1.807, 2.05) is 0 Å². The number of ether oxygens (including phenoxy) is 1. The van der Waals surface area contributed by atoms with Gasteiger partial charge >= 0.3 is 75.3 Å². The predicted molar refractivity (Wildman–Crippen MR) is 53.3 cm³/mol. The molecule has 2 unspecified atom stereocenters. The second kappa shape index (κ2) is 8.74. The Hall–Kier alpha value is -0.364. The molecule has 0 aliphatic rings. The van der Waals surface area contributed by atoms with Gasteiger partial charge in [0.2, 0.25) is 0 Å². The van der Waals surface area contributed by atoms with Crippen LogP contribution in [0, 0.1) is 0 Å². The molecule has 2 atom stereocenters. The fourth-order valence-corrected chi connectivity index (χ4v) is 0.936. The molecule has 0 fully saturated rings. The molecular formula is C9H13KO9. The Kier molecular flexibility index (Phi) is 9.63. The van der Waals surface area contributed by atoms with E-state index in [4.69, 9.17) is 15.3 Å². The van der Waals surface area contributed by atoms with Crippen LogP contribution in [0.1, 0.15) is 21.2 Å². The molecule has 0 spiro atoms. The first-order valence-electron chi connectivity index (χ1n) is 4.68. The van der Waals surface area contributed by atoms with Crippen molar-refractivity contribution in [3.8, 4) is 0 Å². The van der Waals surface area contributed by atoms with Crippen LogP contribution in [-0.2, 0) is 23.9 Å². The summed E-state index contributed by atoms with van der Waals surface area (Å²) in [6.07, 6.45) is -4.07. The van der Waals surface area contributed by atoms with Gasteiger partial charge in [-0.15, -0.1) is 0 Å². The molecule has 10 heteroatoms. The number of aliphatic hydroxyl groups excluding tert-OH is 1. The third-order valence-electron chi connectivity index (χ3n) is 1.83. The van der Waals surface area contributed by atoms with Gasteiger partial charge in [0.25, 0.3) is 0 Å². The van der Waals surface area contributed by atoms with Crippen molar-refractivity contribution in [2.75, 3.05) is 0 Å². The largest absolute Gasteiger partial charge is 1.00 e. The standard InChI is InChI=1S/C9H12O9.K.H/c1-4(10)7(14)18-6(13)3-9(17,8(15)16)2-5(11)12;;/h4,10,17H,2-3H2,1H3,(H,11,12)(H,15,16);;/q;+1;-1. The summed E-state index contributed by atoms with van der Waals surface area (Å²) in [6.45, 7) is 1.01. The second-order valence-electron chi connectivity index (χ2n) is 3.55. The van der Waals surface area contributed by atoms with Crippen LogP contribution in [-0.4, -0.2) is 56.0 Å². The van der Waals surface area contributed by atoms with Crippen molar-refractivity contribution in [3.05, 3.63) is 0 Å². The van der Waals surface area contributed by atoms with Crippen molar-refractivity contribution in [2.45, 2.75) is 31.5 Å². The first-order valence-corrected chi connectivity index (χ1v) is 4.68. The quantitative estimate of drug-likeness (QED) is 0.215. The van der Waals surface area contributed by atoms with Crippen molar-refractivity contribution < 1.29 is 97.2 Å².